The third kappa shape index (κ3) is 4.40. The fraction of sp³-hybridized carbons (Fsp3) is 0.300. The molecule has 1 aromatic heterocycles. The number of carbonyl (C=O) groups excluding carboxylic acids is 1. The van der Waals surface area contributed by atoms with Crippen molar-refractivity contribution in [1.82, 2.24) is 4.98 Å². The Hall–Kier alpha value is -2.15. The lowest BCUT2D eigenvalue weighted by Gasteiger charge is -2.23. The fourth-order valence-electron chi connectivity index (χ4n) is 3.01. The molecule has 1 aliphatic heterocycles. The van der Waals surface area contributed by atoms with Crippen molar-refractivity contribution in [2.24, 2.45) is 0 Å². The molecule has 3 aromatic rings. The zero-order chi connectivity index (χ0) is 18.6. The molecular weight excluding hydrogens is 384 g/mol. The zero-order valence-corrected chi connectivity index (χ0v) is 16.2. The van der Waals surface area contributed by atoms with E-state index in [0.29, 0.717) is 22.4 Å². The number of amides is 1. The molecule has 140 valence electrons. The summed E-state index contributed by atoms with van der Waals surface area (Å²) in [6, 6.07) is 14.8. The van der Waals surface area contributed by atoms with E-state index in [4.69, 9.17) is 21.1 Å². The Bertz CT molecular complexity index is 889. The van der Waals surface area contributed by atoms with Crippen molar-refractivity contribution in [2.75, 3.05) is 24.7 Å². The number of hydrogen-bond acceptors (Lipinski definition) is 5. The summed E-state index contributed by atoms with van der Waals surface area (Å²) >= 11 is 7.39. The molecule has 2 aromatic carbocycles. The number of nitrogens with zero attached hydrogens (tertiary/aromatic N) is 2. The van der Waals surface area contributed by atoms with Crippen LogP contribution in [-0.2, 0) is 9.53 Å². The summed E-state index contributed by atoms with van der Waals surface area (Å²) in [5.41, 5.74) is 0.890. The van der Waals surface area contributed by atoms with Gasteiger partial charge in [-0.2, -0.15) is 0 Å². The molecule has 0 aliphatic carbocycles. The zero-order valence-electron chi connectivity index (χ0n) is 14.6. The van der Waals surface area contributed by atoms with Gasteiger partial charge in [-0.15, -0.1) is 0 Å². The van der Waals surface area contributed by atoms with Gasteiger partial charge in [0.05, 0.1) is 22.9 Å². The molecule has 27 heavy (non-hydrogen) atoms. The lowest BCUT2D eigenvalue weighted by molar-refractivity contribution is -0.120. The van der Waals surface area contributed by atoms with Gasteiger partial charge in [0, 0.05) is 11.6 Å². The van der Waals surface area contributed by atoms with Gasteiger partial charge in [0.15, 0.2) is 11.7 Å². The molecule has 1 aliphatic rings. The van der Waals surface area contributed by atoms with Gasteiger partial charge in [-0.05, 0) is 49.2 Å². The molecule has 0 spiro atoms. The van der Waals surface area contributed by atoms with E-state index in [1.54, 1.807) is 29.2 Å². The fourth-order valence-corrected chi connectivity index (χ4v) is 4.13. The molecule has 2 heterocycles. The Morgan fingerprint density at radius 2 is 2.07 bits per heavy atom. The summed E-state index contributed by atoms with van der Waals surface area (Å²) in [5, 5.41) is 1.31. The SMILES string of the molecule is O=C(COc1ccc(Cl)cc1)N(C[C@H]1CCCO1)c1nc2ccccc2s1. The highest BCUT2D eigenvalue weighted by Crippen LogP contribution is 2.30. The molecule has 0 unspecified atom stereocenters. The van der Waals surface area contributed by atoms with Gasteiger partial charge in [0.25, 0.3) is 5.91 Å². The summed E-state index contributed by atoms with van der Waals surface area (Å²) < 4.78 is 12.4. The van der Waals surface area contributed by atoms with Crippen molar-refractivity contribution in [2.45, 2.75) is 18.9 Å². The minimum atomic E-state index is -0.139. The number of aromatic nitrogens is 1. The number of benzene rings is 2. The van der Waals surface area contributed by atoms with E-state index in [0.717, 1.165) is 29.7 Å². The smallest absolute Gasteiger partial charge is 0.266 e. The van der Waals surface area contributed by atoms with Crippen LogP contribution in [0.25, 0.3) is 10.2 Å². The van der Waals surface area contributed by atoms with E-state index in [1.165, 1.54) is 11.3 Å². The Kier molecular flexibility index (Phi) is 5.57. The van der Waals surface area contributed by atoms with Crippen LogP contribution in [0.3, 0.4) is 0 Å². The quantitative estimate of drug-likeness (QED) is 0.607. The summed E-state index contributed by atoms with van der Waals surface area (Å²) in [6.45, 7) is 1.17. The Morgan fingerprint density at radius 1 is 1.26 bits per heavy atom. The predicted molar refractivity (Wildman–Crippen MR) is 108 cm³/mol. The summed E-state index contributed by atoms with van der Waals surface area (Å²) in [7, 11) is 0. The number of para-hydroxylation sites is 1. The molecule has 0 saturated carbocycles. The van der Waals surface area contributed by atoms with Crippen LogP contribution < -0.4 is 9.64 Å². The number of anilines is 1. The lowest BCUT2D eigenvalue weighted by Crippen LogP contribution is -2.40. The predicted octanol–water partition coefficient (Wildman–Crippen LogP) is 4.54. The van der Waals surface area contributed by atoms with Crippen LogP contribution in [-0.4, -0.2) is 36.8 Å². The van der Waals surface area contributed by atoms with Gasteiger partial charge in [-0.25, -0.2) is 4.98 Å². The standard InChI is InChI=1S/C20H19ClN2O3S/c21-14-7-9-15(10-8-14)26-13-19(24)23(12-16-4-3-11-25-16)20-22-17-5-1-2-6-18(17)27-20/h1-2,5-10,16H,3-4,11-13H2/t16-/m1/s1. The molecular formula is C20H19ClN2O3S. The van der Waals surface area contributed by atoms with E-state index in [-0.39, 0.29) is 18.6 Å². The van der Waals surface area contributed by atoms with Gasteiger partial charge in [-0.3, -0.25) is 9.69 Å². The Balaban J connectivity index is 1.52. The van der Waals surface area contributed by atoms with Crippen LogP contribution in [0.5, 0.6) is 5.75 Å². The minimum absolute atomic E-state index is 0.0384. The molecule has 7 heteroatoms. The average Bonchev–Trinajstić information content (AvgIpc) is 3.34. The maximum absolute atomic E-state index is 12.9. The first-order valence-electron chi connectivity index (χ1n) is 8.85. The first-order chi connectivity index (χ1) is 13.2. The van der Waals surface area contributed by atoms with Crippen LogP contribution in [0.1, 0.15) is 12.8 Å². The summed E-state index contributed by atoms with van der Waals surface area (Å²) in [4.78, 5) is 19.3. The van der Waals surface area contributed by atoms with Crippen LogP contribution in [0.15, 0.2) is 48.5 Å². The highest BCUT2D eigenvalue weighted by molar-refractivity contribution is 7.22. The van der Waals surface area contributed by atoms with E-state index < -0.39 is 0 Å². The molecule has 4 rings (SSSR count). The van der Waals surface area contributed by atoms with Gasteiger partial charge in [0.2, 0.25) is 0 Å². The average molecular weight is 403 g/mol. The largest absolute Gasteiger partial charge is 0.484 e. The van der Waals surface area contributed by atoms with Crippen LogP contribution in [0, 0.1) is 0 Å². The third-order valence-electron chi connectivity index (χ3n) is 4.40. The van der Waals surface area contributed by atoms with Gasteiger partial charge in [0.1, 0.15) is 5.75 Å². The number of hydrogen-bond donors (Lipinski definition) is 0. The maximum Gasteiger partial charge on any atom is 0.266 e. The summed E-state index contributed by atoms with van der Waals surface area (Å²) in [5.74, 6) is 0.466. The monoisotopic (exact) mass is 402 g/mol. The van der Waals surface area contributed by atoms with Crippen LogP contribution in [0.4, 0.5) is 5.13 Å². The molecule has 0 radical (unpaired) electrons. The van der Waals surface area contributed by atoms with E-state index >= 15 is 0 Å². The van der Waals surface area contributed by atoms with Crippen LogP contribution >= 0.6 is 22.9 Å². The van der Waals surface area contributed by atoms with E-state index in [9.17, 15) is 4.79 Å². The van der Waals surface area contributed by atoms with Crippen LogP contribution in [0.2, 0.25) is 5.02 Å². The topological polar surface area (TPSA) is 51.7 Å². The van der Waals surface area contributed by atoms with Crippen molar-refractivity contribution in [3.8, 4) is 5.75 Å². The Labute approximate surface area is 166 Å². The Morgan fingerprint density at radius 3 is 2.81 bits per heavy atom. The number of thiazole rings is 1. The van der Waals surface area contributed by atoms with E-state index in [2.05, 4.69) is 4.98 Å². The van der Waals surface area contributed by atoms with Gasteiger partial charge < -0.3 is 9.47 Å². The highest BCUT2D eigenvalue weighted by atomic mass is 35.5. The van der Waals surface area contributed by atoms with Gasteiger partial charge in [-0.1, -0.05) is 35.1 Å². The van der Waals surface area contributed by atoms with Crippen molar-refractivity contribution in [1.29, 1.82) is 0 Å². The first kappa shape index (κ1) is 18.2. The normalized spacial score (nSPS) is 16.6. The van der Waals surface area contributed by atoms with Crippen molar-refractivity contribution in [3.63, 3.8) is 0 Å². The number of carbonyl (C=O) groups is 1. The number of fused-ring (bicyclic) bond motifs is 1. The maximum atomic E-state index is 12.9. The minimum Gasteiger partial charge on any atom is -0.484 e. The second-order valence-corrected chi connectivity index (χ2v) is 7.79. The van der Waals surface area contributed by atoms with Gasteiger partial charge >= 0.3 is 0 Å². The summed E-state index contributed by atoms with van der Waals surface area (Å²) in [6.07, 6.45) is 2.01. The highest BCUT2D eigenvalue weighted by Gasteiger charge is 2.26. The molecule has 5 nitrogen and oxygen atoms in total. The molecule has 0 bridgehead atoms. The molecule has 0 N–H and O–H groups in total. The second kappa shape index (κ2) is 8.25. The second-order valence-electron chi connectivity index (χ2n) is 6.35. The number of halogens is 1. The molecule has 1 amide bonds. The van der Waals surface area contributed by atoms with E-state index in [1.807, 2.05) is 24.3 Å². The van der Waals surface area contributed by atoms with Crippen molar-refractivity contribution in [3.05, 3.63) is 53.6 Å². The third-order valence-corrected chi connectivity index (χ3v) is 5.71. The lowest BCUT2D eigenvalue weighted by atomic mass is 10.2. The molecule has 1 fully saturated rings. The molecule has 1 atom stereocenters. The van der Waals surface area contributed by atoms with Crippen molar-refractivity contribution >= 4 is 44.2 Å². The number of ether oxygens (including phenoxy) is 2. The van der Waals surface area contributed by atoms with Crippen molar-refractivity contribution < 1.29 is 14.3 Å². The number of rotatable bonds is 6. The first-order valence-corrected chi connectivity index (χ1v) is 10.0. The molecule has 1 saturated heterocycles.